The highest BCUT2D eigenvalue weighted by Gasteiger charge is 2.53. The second-order valence-corrected chi connectivity index (χ2v) is 8.78. The minimum Gasteiger partial charge on any atom is -0.389 e. The predicted molar refractivity (Wildman–Crippen MR) is 85.5 cm³/mol. The average Bonchev–Trinajstić information content (AvgIpc) is 2.39. The second kappa shape index (κ2) is 5.61. The van der Waals surface area contributed by atoms with E-state index < -0.39 is 5.60 Å². The van der Waals surface area contributed by atoms with Crippen molar-refractivity contribution >= 4 is 0 Å². The standard InChI is InChI=1S/C18H35NO/c1-14(2)15-6-5-7-18(20,12-15)17(13-19)10-8-16(3,4)9-11-17/h14-15,20H,5-13,19H2,1-4H3. The molecule has 0 radical (unpaired) electrons. The summed E-state index contributed by atoms with van der Waals surface area (Å²) in [4.78, 5) is 0. The maximum atomic E-state index is 11.5. The molecule has 118 valence electrons. The van der Waals surface area contributed by atoms with Crippen LogP contribution in [0.4, 0.5) is 0 Å². The van der Waals surface area contributed by atoms with Crippen LogP contribution in [0.15, 0.2) is 0 Å². The Kier molecular flexibility index (Phi) is 4.57. The maximum Gasteiger partial charge on any atom is 0.0718 e. The lowest BCUT2D eigenvalue weighted by atomic mass is 9.53. The summed E-state index contributed by atoms with van der Waals surface area (Å²) in [7, 11) is 0. The molecule has 0 bridgehead atoms. The van der Waals surface area contributed by atoms with E-state index in [2.05, 4.69) is 27.7 Å². The zero-order valence-corrected chi connectivity index (χ0v) is 14.0. The number of nitrogens with two attached hydrogens (primary N) is 1. The first kappa shape index (κ1) is 16.3. The molecule has 0 aromatic rings. The molecule has 0 saturated heterocycles. The number of hydrogen-bond donors (Lipinski definition) is 2. The van der Waals surface area contributed by atoms with Crippen LogP contribution in [0.3, 0.4) is 0 Å². The van der Waals surface area contributed by atoms with Crippen LogP contribution in [0, 0.1) is 22.7 Å². The summed E-state index contributed by atoms with van der Waals surface area (Å²) in [6, 6.07) is 0. The normalized spacial score (nSPS) is 37.0. The van der Waals surface area contributed by atoms with Crippen molar-refractivity contribution in [3.63, 3.8) is 0 Å². The van der Waals surface area contributed by atoms with Crippen LogP contribution in [-0.4, -0.2) is 17.3 Å². The van der Waals surface area contributed by atoms with Gasteiger partial charge in [0, 0.05) is 12.0 Å². The molecule has 0 amide bonds. The van der Waals surface area contributed by atoms with Gasteiger partial charge in [-0.05, 0) is 62.2 Å². The third-order valence-corrected chi connectivity index (χ3v) is 6.65. The van der Waals surface area contributed by atoms with Gasteiger partial charge in [-0.3, -0.25) is 0 Å². The topological polar surface area (TPSA) is 46.2 Å². The van der Waals surface area contributed by atoms with Crippen molar-refractivity contribution in [2.24, 2.45) is 28.4 Å². The first-order chi connectivity index (χ1) is 9.24. The Bertz CT molecular complexity index is 326. The van der Waals surface area contributed by atoms with Crippen LogP contribution in [0.25, 0.3) is 0 Å². The summed E-state index contributed by atoms with van der Waals surface area (Å²) in [6.07, 6.45) is 9.03. The van der Waals surface area contributed by atoms with E-state index in [0.29, 0.717) is 23.8 Å². The van der Waals surface area contributed by atoms with Crippen molar-refractivity contribution in [3.05, 3.63) is 0 Å². The fourth-order valence-corrected chi connectivity index (χ4v) is 4.61. The van der Waals surface area contributed by atoms with Crippen LogP contribution in [0.5, 0.6) is 0 Å². The highest BCUT2D eigenvalue weighted by molar-refractivity contribution is 5.05. The molecule has 20 heavy (non-hydrogen) atoms. The van der Waals surface area contributed by atoms with E-state index in [1.54, 1.807) is 0 Å². The Morgan fingerprint density at radius 2 is 1.70 bits per heavy atom. The van der Waals surface area contributed by atoms with E-state index in [4.69, 9.17) is 5.73 Å². The summed E-state index contributed by atoms with van der Waals surface area (Å²) in [5.41, 5.74) is 6.11. The molecule has 0 aromatic heterocycles. The Morgan fingerprint density at radius 1 is 1.10 bits per heavy atom. The Hall–Kier alpha value is -0.0800. The van der Waals surface area contributed by atoms with Gasteiger partial charge in [-0.2, -0.15) is 0 Å². The molecule has 2 aliphatic carbocycles. The summed E-state index contributed by atoms with van der Waals surface area (Å²) >= 11 is 0. The smallest absolute Gasteiger partial charge is 0.0718 e. The van der Waals surface area contributed by atoms with Crippen LogP contribution < -0.4 is 5.73 Å². The van der Waals surface area contributed by atoms with E-state index in [0.717, 1.165) is 25.7 Å². The van der Waals surface area contributed by atoms with E-state index in [1.807, 2.05) is 0 Å². The van der Waals surface area contributed by atoms with E-state index in [9.17, 15) is 5.11 Å². The van der Waals surface area contributed by atoms with Gasteiger partial charge in [0.15, 0.2) is 0 Å². The van der Waals surface area contributed by atoms with Crippen LogP contribution >= 0.6 is 0 Å². The van der Waals surface area contributed by atoms with Gasteiger partial charge in [-0.1, -0.05) is 34.1 Å². The molecule has 0 aromatic carbocycles. The first-order valence-electron chi connectivity index (χ1n) is 8.66. The minimum atomic E-state index is -0.508. The van der Waals surface area contributed by atoms with Gasteiger partial charge in [0.2, 0.25) is 0 Å². The van der Waals surface area contributed by atoms with Crippen LogP contribution in [0.2, 0.25) is 0 Å². The molecular formula is C18H35NO. The van der Waals surface area contributed by atoms with Crippen molar-refractivity contribution in [2.45, 2.75) is 84.7 Å². The molecule has 2 unspecified atom stereocenters. The van der Waals surface area contributed by atoms with Crippen molar-refractivity contribution < 1.29 is 5.11 Å². The lowest BCUT2D eigenvalue weighted by Gasteiger charge is -2.55. The Balaban J connectivity index is 2.17. The molecule has 2 rings (SSSR count). The number of rotatable bonds is 3. The van der Waals surface area contributed by atoms with E-state index >= 15 is 0 Å². The summed E-state index contributed by atoms with van der Waals surface area (Å²) < 4.78 is 0. The van der Waals surface area contributed by atoms with Crippen molar-refractivity contribution in [2.75, 3.05) is 6.54 Å². The lowest BCUT2D eigenvalue weighted by Crippen LogP contribution is -2.57. The summed E-state index contributed by atoms with van der Waals surface area (Å²) in [6.45, 7) is 9.97. The predicted octanol–water partition coefficient (Wildman–Crippen LogP) is 4.11. The molecule has 0 heterocycles. The molecule has 2 aliphatic rings. The van der Waals surface area contributed by atoms with Gasteiger partial charge >= 0.3 is 0 Å². The molecule has 2 saturated carbocycles. The molecule has 2 nitrogen and oxygen atoms in total. The van der Waals surface area contributed by atoms with Gasteiger partial charge in [0.05, 0.1) is 5.60 Å². The molecule has 2 heteroatoms. The van der Waals surface area contributed by atoms with Crippen molar-refractivity contribution in [1.82, 2.24) is 0 Å². The van der Waals surface area contributed by atoms with Crippen LogP contribution in [-0.2, 0) is 0 Å². The van der Waals surface area contributed by atoms with Gasteiger partial charge in [0.25, 0.3) is 0 Å². The Morgan fingerprint density at radius 3 is 2.20 bits per heavy atom. The molecule has 0 spiro atoms. The minimum absolute atomic E-state index is 0.0178. The fraction of sp³-hybridized carbons (Fsp3) is 1.00. The molecule has 0 aliphatic heterocycles. The largest absolute Gasteiger partial charge is 0.389 e. The maximum absolute atomic E-state index is 11.5. The van der Waals surface area contributed by atoms with Gasteiger partial charge in [-0.15, -0.1) is 0 Å². The summed E-state index contributed by atoms with van der Waals surface area (Å²) in [5.74, 6) is 1.35. The van der Waals surface area contributed by atoms with E-state index in [-0.39, 0.29) is 5.41 Å². The molecular weight excluding hydrogens is 246 g/mol. The van der Waals surface area contributed by atoms with Crippen molar-refractivity contribution in [3.8, 4) is 0 Å². The Labute approximate surface area is 125 Å². The zero-order chi connectivity index (χ0) is 15.0. The zero-order valence-electron chi connectivity index (χ0n) is 14.0. The van der Waals surface area contributed by atoms with Gasteiger partial charge in [0.1, 0.15) is 0 Å². The average molecular weight is 281 g/mol. The summed E-state index contributed by atoms with van der Waals surface area (Å²) in [5, 5.41) is 11.5. The van der Waals surface area contributed by atoms with Gasteiger partial charge in [-0.25, -0.2) is 0 Å². The number of aliphatic hydroxyl groups is 1. The lowest BCUT2D eigenvalue weighted by molar-refractivity contribution is -0.145. The molecule has 2 atom stereocenters. The van der Waals surface area contributed by atoms with E-state index in [1.165, 1.54) is 25.7 Å². The number of hydrogen-bond acceptors (Lipinski definition) is 2. The molecule has 2 fully saturated rings. The van der Waals surface area contributed by atoms with Gasteiger partial charge < -0.3 is 10.8 Å². The molecule has 3 N–H and O–H groups in total. The quantitative estimate of drug-likeness (QED) is 0.818. The first-order valence-corrected chi connectivity index (χ1v) is 8.66. The van der Waals surface area contributed by atoms with Crippen LogP contribution in [0.1, 0.15) is 79.1 Å². The van der Waals surface area contributed by atoms with Crippen molar-refractivity contribution in [1.29, 1.82) is 0 Å². The fourth-order valence-electron chi connectivity index (χ4n) is 4.61. The third-order valence-electron chi connectivity index (χ3n) is 6.65. The monoisotopic (exact) mass is 281 g/mol. The third kappa shape index (κ3) is 2.92. The highest BCUT2D eigenvalue weighted by Crippen LogP contribution is 2.55. The second-order valence-electron chi connectivity index (χ2n) is 8.78. The SMILES string of the molecule is CC(C)C1CCCC(O)(C2(CN)CCC(C)(C)CC2)C1. The highest BCUT2D eigenvalue weighted by atomic mass is 16.3.